The molecule has 1 aromatic heterocycles. The summed E-state index contributed by atoms with van der Waals surface area (Å²) in [6.07, 6.45) is 0. The van der Waals surface area contributed by atoms with Gasteiger partial charge in [-0.05, 0) is 96.2 Å². The van der Waals surface area contributed by atoms with E-state index >= 15 is 0 Å². The number of furan rings is 1. The number of aliphatic imine (C=N–C) groups is 2. The Hall–Kier alpha value is -7.04. The molecule has 2 N–H and O–H groups in total. The molecule has 9 aromatic carbocycles. The molecule has 0 aliphatic rings. The van der Waals surface area contributed by atoms with Crippen molar-refractivity contribution in [3.05, 3.63) is 193 Å². The van der Waals surface area contributed by atoms with E-state index in [2.05, 4.69) is 158 Å². The average molecular weight is 680 g/mol. The number of nitrogens with two attached hydrogens (primary N) is 1. The molecule has 0 bridgehead atoms. The molecule has 10 rings (SSSR count). The highest BCUT2D eigenvalue weighted by atomic mass is 16.3. The lowest BCUT2D eigenvalue weighted by molar-refractivity contribution is 0.668. The van der Waals surface area contributed by atoms with Crippen molar-refractivity contribution in [1.29, 1.82) is 0 Å². The summed E-state index contributed by atoms with van der Waals surface area (Å²) in [5, 5.41) is 11.3. The van der Waals surface area contributed by atoms with Gasteiger partial charge in [-0.25, -0.2) is 4.99 Å². The van der Waals surface area contributed by atoms with Crippen molar-refractivity contribution < 1.29 is 4.42 Å². The van der Waals surface area contributed by atoms with Crippen LogP contribution in [0.5, 0.6) is 0 Å². The first kappa shape index (κ1) is 30.8. The summed E-state index contributed by atoms with van der Waals surface area (Å²) in [6.45, 7) is 0.392. The molecule has 0 fully saturated rings. The van der Waals surface area contributed by atoms with Crippen molar-refractivity contribution in [3.8, 4) is 11.1 Å². The van der Waals surface area contributed by atoms with E-state index in [9.17, 15) is 0 Å². The summed E-state index contributed by atoms with van der Waals surface area (Å²) in [5.41, 5.74) is 13.8. The summed E-state index contributed by atoms with van der Waals surface area (Å²) < 4.78 is 6.40. The van der Waals surface area contributed by atoms with Gasteiger partial charge in [0.1, 0.15) is 17.0 Å². The van der Waals surface area contributed by atoms with Crippen LogP contribution in [-0.2, 0) is 6.54 Å². The quantitative estimate of drug-likeness (QED) is 0.112. The Kier molecular flexibility index (Phi) is 7.33. The summed E-state index contributed by atoms with van der Waals surface area (Å²) >= 11 is 0. The number of hydrogen-bond donors (Lipinski definition) is 1. The second-order valence-corrected chi connectivity index (χ2v) is 13.6. The van der Waals surface area contributed by atoms with Crippen LogP contribution in [0.3, 0.4) is 0 Å². The van der Waals surface area contributed by atoms with Crippen LogP contribution in [0.2, 0.25) is 0 Å². The minimum Gasteiger partial charge on any atom is -0.456 e. The molecule has 10 aromatic rings. The lowest BCUT2D eigenvalue weighted by Gasteiger charge is -2.12. The van der Waals surface area contributed by atoms with Crippen LogP contribution < -0.4 is 5.73 Å². The third kappa shape index (κ3) is 5.49. The standard InChI is InChI=1S/C49H33N3O/c50-48(43-29-37-14-5-6-16-40(37)41-17-7-8-18-42(41)43)52-49(38-23-21-32-11-2-4-13-34(32)27-38)51-30-39-15-9-19-46-47(39)44-28-36(24-25-45(44)53-46)35-22-20-31-10-1-3-12-33(31)26-35/h1-29H,30H2,(H2,50,51,52). The molecule has 0 aliphatic carbocycles. The zero-order valence-corrected chi connectivity index (χ0v) is 28.8. The second-order valence-electron chi connectivity index (χ2n) is 13.6. The number of rotatable bonds is 5. The molecule has 0 spiro atoms. The Balaban J connectivity index is 1.11. The number of benzene rings is 9. The molecule has 0 amide bonds. The fourth-order valence-electron chi connectivity index (χ4n) is 7.70. The Morgan fingerprint density at radius 2 is 1.11 bits per heavy atom. The molecule has 0 atom stereocenters. The highest BCUT2D eigenvalue weighted by Gasteiger charge is 2.15. The van der Waals surface area contributed by atoms with Gasteiger partial charge in [-0.1, -0.05) is 140 Å². The minimum absolute atomic E-state index is 0.392. The zero-order valence-electron chi connectivity index (χ0n) is 28.8. The van der Waals surface area contributed by atoms with Crippen molar-refractivity contribution in [3.63, 3.8) is 0 Å². The molecular weight excluding hydrogens is 647 g/mol. The van der Waals surface area contributed by atoms with Gasteiger partial charge in [0.25, 0.3) is 0 Å². The van der Waals surface area contributed by atoms with E-state index in [0.29, 0.717) is 18.2 Å². The van der Waals surface area contributed by atoms with Gasteiger partial charge in [0.05, 0.1) is 6.54 Å². The SMILES string of the molecule is N/C(=N\C(=N/Cc1cccc2oc3ccc(-c4ccc5ccccc5c4)cc3c12)c1ccc2ccccc2c1)c1cc2ccccc2c2ccccc12. The normalized spacial score (nSPS) is 12.5. The number of amidine groups is 2. The van der Waals surface area contributed by atoms with Crippen LogP contribution in [-0.4, -0.2) is 11.7 Å². The van der Waals surface area contributed by atoms with Gasteiger partial charge in [-0.2, -0.15) is 0 Å². The molecular formula is C49H33N3O. The Morgan fingerprint density at radius 3 is 1.92 bits per heavy atom. The first-order chi connectivity index (χ1) is 26.2. The highest BCUT2D eigenvalue weighted by Crippen LogP contribution is 2.36. The summed E-state index contributed by atoms with van der Waals surface area (Å²) in [4.78, 5) is 10.4. The lowest BCUT2D eigenvalue weighted by atomic mass is 9.97. The lowest BCUT2D eigenvalue weighted by Crippen LogP contribution is -2.17. The van der Waals surface area contributed by atoms with Crippen molar-refractivity contribution >= 4 is 76.7 Å². The number of nitrogens with zero attached hydrogens (tertiary/aromatic N) is 2. The van der Waals surface area contributed by atoms with E-state index in [0.717, 1.165) is 71.1 Å². The molecule has 250 valence electrons. The van der Waals surface area contributed by atoms with Crippen molar-refractivity contribution in [2.24, 2.45) is 15.7 Å². The Labute approximate surface area is 306 Å². The molecule has 0 aliphatic heterocycles. The first-order valence-corrected chi connectivity index (χ1v) is 17.9. The number of hydrogen-bond acceptors (Lipinski definition) is 2. The zero-order chi connectivity index (χ0) is 35.3. The Bertz CT molecular complexity index is 3110. The molecule has 4 nitrogen and oxygen atoms in total. The van der Waals surface area contributed by atoms with E-state index in [4.69, 9.17) is 20.1 Å². The van der Waals surface area contributed by atoms with Crippen LogP contribution in [0.4, 0.5) is 0 Å². The highest BCUT2D eigenvalue weighted by molar-refractivity contribution is 6.21. The monoisotopic (exact) mass is 679 g/mol. The second kappa shape index (κ2) is 12.6. The fraction of sp³-hybridized carbons (Fsp3) is 0.0204. The van der Waals surface area contributed by atoms with Crippen LogP contribution in [0.25, 0.3) is 76.2 Å². The van der Waals surface area contributed by atoms with Gasteiger partial charge in [0.15, 0.2) is 5.84 Å². The minimum atomic E-state index is 0.392. The van der Waals surface area contributed by atoms with E-state index in [1.54, 1.807) is 0 Å². The molecule has 0 saturated carbocycles. The first-order valence-electron chi connectivity index (χ1n) is 17.9. The Morgan fingerprint density at radius 1 is 0.472 bits per heavy atom. The van der Waals surface area contributed by atoms with Gasteiger partial charge in [0, 0.05) is 21.9 Å². The van der Waals surface area contributed by atoms with E-state index in [1.165, 1.54) is 21.7 Å². The molecule has 53 heavy (non-hydrogen) atoms. The maximum atomic E-state index is 6.98. The average Bonchev–Trinajstić information content (AvgIpc) is 3.60. The molecule has 0 radical (unpaired) electrons. The molecule has 4 heteroatoms. The van der Waals surface area contributed by atoms with E-state index < -0.39 is 0 Å². The summed E-state index contributed by atoms with van der Waals surface area (Å²) in [7, 11) is 0. The molecule has 0 unspecified atom stereocenters. The smallest absolute Gasteiger partial charge is 0.157 e. The van der Waals surface area contributed by atoms with Crippen molar-refractivity contribution in [2.45, 2.75) is 6.54 Å². The van der Waals surface area contributed by atoms with Gasteiger partial charge < -0.3 is 10.2 Å². The van der Waals surface area contributed by atoms with Crippen molar-refractivity contribution in [1.82, 2.24) is 0 Å². The maximum absolute atomic E-state index is 6.98. The van der Waals surface area contributed by atoms with E-state index in [-0.39, 0.29) is 0 Å². The molecule has 1 heterocycles. The fourth-order valence-corrected chi connectivity index (χ4v) is 7.70. The third-order valence-corrected chi connectivity index (χ3v) is 10.3. The van der Waals surface area contributed by atoms with Gasteiger partial charge >= 0.3 is 0 Å². The largest absolute Gasteiger partial charge is 0.456 e. The summed E-state index contributed by atoms with van der Waals surface area (Å²) in [6, 6.07) is 61.4. The summed E-state index contributed by atoms with van der Waals surface area (Å²) in [5.74, 6) is 0.998. The third-order valence-electron chi connectivity index (χ3n) is 10.3. The van der Waals surface area contributed by atoms with E-state index in [1.807, 2.05) is 18.2 Å². The van der Waals surface area contributed by atoms with Crippen molar-refractivity contribution in [2.75, 3.05) is 0 Å². The van der Waals surface area contributed by atoms with Crippen LogP contribution in [0.1, 0.15) is 16.7 Å². The predicted octanol–water partition coefficient (Wildman–Crippen LogP) is 12.2. The van der Waals surface area contributed by atoms with Gasteiger partial charge in [-0.15, -0.1) is 0 Å². The van der Waals surface area contributed by atoms with Crippen LogP contribution in [0.15, 0.2) is 190 Å². The van der Waals surface area contributed by atoms with Crippen LogP contribution in [0, 0.1) is 0 Å². The predicted molar refractivity (Wildman–Crippen MR) is 223 cm³/mol. The topological polar surface area (TPSA) is 63.9 Å². The van der Waals surface area contributed by atoms with Crippen LogP contribution >= 0.6 is 0 Å². The maximum Gasteiger partial charge on any atom is 0.157 e. The molecule has 0 saturated heterocycles. The number of fused-ring (bicyclic) bond motifs is 8. The van der Waals surface area contributed by atoms with Gasteiger partial charge in [0.2, 0.25) is 0 Å². The van der Waals surface area contributed by atoms with Gasteiger partial charge in [-0.3, -0.25) is 4.99 Å².